The summed E-state index contributed by atoms with van der Waals surface area (Å²) >= 11 is 0. The van der Waals surface area contributed by atoms with Crippen LogP contribution in [-0.2, 0) is 24.6 Å². The third kappa shape index (κ3) is 4.68. The van der Waals surface area contributed by atoms with E-state index in [1.54, 1.807) is 12.4 Å². The smallest absolute Gasteiger partial charge is 0.261 e. The van der Waals surface area contributed by atoms with Crippen molar-refractivity contribution < 1.29 is 32.2 Å². The van der Waals surface area contributed by atoms with Crippen LogP contribution in [0.25, 0.3) is 0 Å². The van der Waals surface area contributed by atoms with E-state index in [0.717, 1.165) is 49.9 Å². The molecule has 0 amide bonds. The van der Waals surface area contributed by atoms with E-state index in [0.29, 0.717) is 24.0 Å². The first kappa shape index (κ1) is 22.5. The van der Waals surface area contributed by atoms with E-state index in [2.05, 4.69) is 4.98 Å². The van der Waals surface area contributed by atoms with Crippen molar-refractivity contribution in [2.45, 2.75) is 69.4 Å². The average Bonchev–Trinajstić information content (AvgIpc) is 3.11. The van der Waals surface area contributed by atoms with Gasteiger partial charge in [0.2, 0.25) is 11.6 Å². The zero-order valence-electron chi connectivity index (χ0n) is 18.5. The lowest BCUT2D eigenvalue weighted by Gasteiger charge is -2.57. The van der Waals surface area contributed by atoms with Crippen LogP contribution in [0.4, 0.5) is 0 Å². The average molecular weight is 468 g/mol. The molecule has 32 heavy (non-hydrogen) atoms. The quantitative estimate of drug-likeness (QED) is 0.526. The van der Waals surface area contributed by atoms with E-state index >= 15 is 0 Å². The molecule has 8 nitrogen and oxygen atoms in total. The van der Waals surface area contributed by atoms with Crippen LogP contribution in [0.2, 0.25) is 0 Å². The molecule has 4 bridgehead atoms. The van der Waals surface area contributed by atoms with Crippen LogP contribution in [0.1, 0.15) is 57.8 Å². The minimum absolute atomic E-state index is 0.437. The molecular formula is C23H33NO7S. The number of aromatic nitrogens is 1. The molecule has 2 heterocycles. The molecule has 7 rings (SSSR count). The molecule has 0 aromatic carbocycles. The summed E-state index contributed by atoms with van der Waals surface area (Å²) in [6, 6.07) is 3.83. The van der Waals surface area contributed by atoms with Gasteiger partial charge >= 0.3 is 0 Å². The molecule has 1 aromatic heterocycles. The molecular weight excluding hydrogens is 434 g/mol. The SMILES string of the molecule is CS(=O)(=O)O.c1cc(OCC2CCC3(CC2)OOC2(O3)C3CC4CC(C3)CC2C4)ccn1. The third-order valence-electron chi connectivity index (χ3n) is 7.95. The van der Waals surface area contributed by atoms with Crippen molar-refractivity contribution in [3.63, 3.8) is 0 Å². The maximum Gasteiger partial charge on any atom is 0.261 e. The van der Waals surface area contributed by atoms with Gasteiger partial charge in [-0.3, -0.25) is 9.54 Å². The Kier molecular flexibility index (Phi) is 5.99. The number of pyridine rings is 1. The normalized spacial score (nSPS) is 42.1. The van der Waals surface area contributed by atoms with Crippen LogP contribution < -0.4 is 4.74 Å². The fourth-order valence-corrected chi connectivity index (χ4v) is 6.73. The van der Waals surface area contributed by atoms with E-state index in [-0.39, 0.29) is 0 Å². The monoisotopic (exact) mass is 467 g/mol. The molecule has 5 aliphatic carbocycles. The Morgan fingerprint density at radius 2 is 1.59 bits per heavy atom. The molecule has 1 aromatic rings. The summed E-state index contributed by atoms with van der Waals surface area (Å²) in [6.45, 7) is 0.751. The van der Waals surface area contributed by atoms with E-state index in [1.165, 1.54) is 32.1 Å². The van der Waals surface area contributed by atoms with Gasteiger partial charge in [0, 0.05) is 37.1 Å². The Labute approximate surface area is 189 Å². The van der Waals surface area contributed by atoms with Crippen molar-refractivity contribution in [3.05, 3.63) is 24.5 Å². The fraction of sp³-hybridized carbons (Fsp3) is 0.783. The topological polar surface area (TPSA) is 104 Å². The Morgan fingerprint density at radius 1 is 1.03 bits per heavy atom. The highest BCUT2D eigenvalue weighted by Gasteiger charge is 2.66. The van der Waals surface area contributed by atoms with Crippen LogP contribution in [0.5, 0.6) is 5.75 Å². The van der Waals surface area contributed by atoms with Gasteiger partial charge in [-0.2, -0.15) is 18.2 Å². The Bertz CT molecular complexity index is 862. The minimum Gasteiger partial charge on any atom is -0.493 e. The van der Waals surface area contributed by atoms with Crippen LogP contribution in [-0.4, -0.2) is 42.4 Å². The summed E-state index contributed by atoms with van der Waals surface area (Å²) in [5.41, 5.74) is 0. The number of rotatable bonds is 3. The second-order valence-electron chi connectivity index (χ2n) is 10.4. The van der Waals surface area contributed by atoms with Gasteiger partial charge in [-0.05, 0) is 74.8 Å². The molecule has 5 saturated carbocycles. The Hall–Kier alpha value is -1.26. The molecule has 2 spiro atoms. The van der Waals surface area contributed by atoms with Gasteiger partial charge in [0.1, 0.15) is 5.75 Å². The highest BCUT2D eigenvalue weighted by Crippen LogP contribution is 2.63. The van der Waals surface area contributed by atoms with Crippen molar-refractivity contribution in [1.29, 1.82) is 0 Å². The summed E-state index contributed by atoms with van der Waals surface area (Å²) in [5, 5.41) is 0. The third-order valence-corrected chi connectivity index (χ3v) is 7.95. The van der Waals surface area contributed by atoms with Gasteiger partial charge in [-0.1, -0.05) is 0 Å². The van der Waals surface area contributed by atoms with Crippen LogP contribution in [0.15, 0.2) is 24.5 Å². The standard InChI is InChI=1S/C22H29NO4.CH4O3S/c1-5-21(6-2-15(1)14-24-20-3-7-23-8-4-20)25-22(27-26-21)18-10-16-9-17(12-18)13-19(22)11-16;1-5(2,3)4/h3-4,7-8,15-19H,1-2,5-6,9-14H2;1H3,(H,2,3,4). The van der Waals surface area contributed by atoms with Gasteiger partial charge in [-0.15, -0.1) is 0 Å². The van der Waals surface area contributed by atoms with Crippen molar-refractivity contribution in [2.24, 2.45) is 29.6 Å². The minimum atomic E-state index is -3.67. The highest BCUT2D eigenvalue weighted by atomic mass is 32.2. The molecule has 6 fully saturated rings. The van der Waals surface area contributed by atoms with Crippen LogP contribution in [0, 0.1) is 29.6 Å². The second kappa shape index (κ2) is 8.51. The lowest BCUT2D eigenvalue weighted by molar-refractivity contribution is -0.390. The molecule has 178 valence electrons. The van der Waals surface area contributed by atoms with Crippen molar-refractivity contribution in [1.82, 2.24) is 4.98 Å². The largest absolute Gasteiger partial charge is 0.493 e. The maximum atomic E-state index is 9.19. The van der Waals surface area contributed by atoms with E-state index in [4.69, 9.17) is 23.8 Å². The van der Waals surface area contributed by atoms with E-state index in [9.17, 15) is 8.42 Å². The molecule has 0 radical (unpaired) electrons. The molecule has 1 aliphatic heterocycles. The molecule has 1 saturated heterocycles. The summed E-state index contributed by atoms with van der Waals surface area (Å²) in [6.07, 6.45) is 14.7. The first-order chi connectivity index (χ1) is 15.2. The van der Waals surface area contributed by atoms with Gasteiger partial charge < -0.3 is 9.47 Å². The predicted molar refractivity (Wildman–Crippen MR) is 115 cm³/mol. The zero-order valence-corrected chi connectivity index (χ0v) is 19.3. The number of hydrogen-bond acceptors (Lipinski definition) is 7. The molecule has 9 heteroatoms. The van der Waals surface area contributed by atoms with E-state index in [1.807, 2.05) is 12.1 Å². The summed E-state index contributed by atoms with van der Waals surface area (Å²) in [4.78, 5) is 16.1. The van der Waals surface area contributed by atoms with Crippen molar-refractivity contribution >= 4 is 10.1 Å². The molecule has 6 aliphatic rings. The van der Waals surface area contributed by atoms with Crippen molar-refractivity contribution in [2.75, 3.05) is 12.9 Å². The Morgan fingerprint density at radius 3 is 2.16 bits per heavy atom. The molecule has 1 N–H and O–H groups in total. The first-order valence-electron chi connectivity index (χ1n) is 11.8. The first-order valence-corrected chi connectivity index (χ1v) is 13.6. The van der Waals surface area contributed by atoms with Gasteiger partial charge in [0.25, 0.3) is 10.1 Å². The predicted octanol–water partition coefficient (Wildman–Crippen LogP) is 3.98. The number of hydrogen-bond donors (Lipinski definition) is 1. The van der Waals surface area contributed by atoms with Gasteiger partial charge in [-0.25, -0.2) is 0 Å². The number of nitrogens with zero attached hydrogens (tertiary/aromatic N) is 1. The fourth-order valence-electron chi connectivity index (χ4n) is 6.73. The van der Waals surface area contributed by atoms with E-state index < -0.39 is 21.7 Å². The lowest BCUT2D eigenvalue weighted by atomic mass is 9.53. The Balaban J connectivity index is 0.000000393. The van der Waals surface area contributed by atoms with Gasteiger partial charge in [0.05, 0.1) is 12.9 Å². The molecule has 0 unspecified atom stereocenters. The van der Waals surface area contributed by atoms with Gasteiger partial charge in [0.15, 0.2) is 0 Å². The summed E-state index contributed by atoms with van der Waals surface area (Å²) < 4.78 is 38.6. The maximum absolute atomic E-state index is 9.19. The highest BCUT2D eigenvalue weighted by molar-refractivity contribution is 7.85. The van der Waals surface area contributed by atoms with Crippen LogP contribution >= 0.6 is 0 Å². The van der Waals surface area contributed by atoms with Crippen molar-refractivity contribution in [3.8, 4) is 5.75 Å². The summed E-state index contributed by atoms with van der Waals surface area (Å²) in [7, 11) is -3.67. The lowest BCUT2D eigenvalue weighted by Crippen LogP contribution is -2.59. The van der Waals surface area contributed by atoms with Crippen LogP contribution in [0.3, 0.4) is 0 Å². The molecule has 0 atom stereocenters. The number of ether oxygens (including phenoxy) is 2. The summed E-state index contributed by atoms with van der Waals surface area (Å²) in [5.74, 6) is 3.39. The zero-order chi connectivity index (χ0) is 22.4. The second-order valence-corrected chi connectivity index (χ2v) is 11.8.